The molecule has 7 nitrogen and oxygen atoms in total. The number of amides is 2. The summed E-state index contributed by atoms with van der Waals surface area (Å²) in [5.41, 5.74) is 1.86. The van der Waals surface area contributed by atoms with Crippen LogP contribution in [-0.2, 0) is 11.2 Å². The van der Waals surface area contributed by atoms with Crippen LogP contribution in [0.2, 0.25) is 0 Å². The second-order valence-electron chi connectivity index (χ2n) is 14.8. The molecule has 2 bridgehead atoms. The van der Waals surface area contributed by atoms with Gasteiger partial charge in [0.05, 0.1) is 24.3 Å². The number of rotatable bonds is 10. The number of nitrogens with one attached hydrogen (secondary N) is 1. The van der Waals surface area contributed by atoms with Crippen molar-refractivity contribution in [2.24, 2.45) is 5.41 Å². The summed E-state index contributed by atoms with van der Waals surface area (Å²) in [6.07, 6.45) is 5.89. The maximum Gasteiger partial charge on any atom is 0.317 e. The number of ether oxygens (including phenoxy) is 1. The number of aliphatic hydroxyl groups is 2. The van der Waals surface area contributed by atoms with Gasteiger partial charge in [-0.15, -0.1) is 0 Å². The van der Waals surface area contributed by atoms with Gasteiger partial charge in [0.2, 0.25) is 0 Å². The average molecular weight is 703 g/mol. The van der Waals surface area contributed by atoms with Crippen LogP contribution in [0.1, 0.15) is 110 Å². The zero-order valence-corrected chi connectivity index (χ0v) is 30.3. The molecule has 3 N–H and O–H groups in total. The lowest BCUT2D eigenvalue weighted by Crippen LogP contribution is -2.55. The number of benzene rings is 3. The van der Waals surface area contributed by atoms with Crippen LogP contribution < -0.4 is 5.32 Å². The molecular weight excluding hydrogens is 650 g/mol. The summed E-state index contributed by atoms with van der Waals surface area (Å²) >= 11 is 0. The summed E-state index contributed by atoms with van der Waals surface area (Å²) in [5.74, 6) is -2.88. The molecule has 2 amide bonds. The second kappa shape index (κ2) is 16.6. The largest absolute Gasteiger partial charge is 0.393 e. The summed E-state index contributed by atoms with van der Waals surface area (Å²) in [6, 6.07) is 17.9. The lowest BCUT2D eigenvalue weighted by Gasteiger charge is -2.46. The topological polar surface area (TPSA) is 99.1 Å². The Labute approximate surface area is 300 Å². The molecule has 0 spiro atoms. The van der Waals surface area contributed by atoms with Crippen molar-refractivity contribution in [3.8, 4) is 0 Å². The molecule has 3 aromatic carbocycles. The standard InChI is InChI=1S/C42H52F2N2O5/c1-28-10-8-20-41(3)36(19-21-42(41,50)27-46(22-9-23-51-4)40(49)45-29(2)31-11-6-5-7-12-31)34-17-14-30(24-33(47)16-13-28)25-35(34)39(48)32-15-18-37(43)38(44)26-32/h5-7,10-12,14-15,17-18,25-26,29,33,36,47,50H,8-9,13,16,19-24,27H2,1-4H3,(H,45,49)/t29-,33+,36+,41+,42-/m1/s1. The van der Waals surface area contributed by atoms with E-state index in [0.29, 0.717) is 75.6 Å². The summed E-state index contributed by atoms with van der Waals surface area (Å²) in [4.78, 5) is 29.8. The van der Waals surface area contributed by atoms with Gasteiger partial charge in [0.25, 0.3) is 0 Å². The highest BCUT2D eigenvalue weighted by atomic mass is 19.2. The van der Waals surface area contributed by atoms with Crippen LogP contribution in [0.15, 0.2) is 78.4 Å². The summed E-state index contributed by atoms with van der Waals surface area (Å²) in [5, 5.41) is 26.9. The first-order valence-corrected chi connectivity index (χ1v) is 18.1. The molecule has 0 aliphatic heterocycles. The van der Waals surface area contributed by atoms with Crippen molar-refractivity contribution in [3.05, 3.63) is 118 Å². The van der Waals surface area contributed by atoms with Crippen LogP contribution in [0.4, 0.5) is 13.6 Å². The van der Waals surface area contributed by atoms with E-state index >= 15 is 0 Å². The number of hydrogen-bond donors (Lipinski definition) is 3. The third kappa shape index (κ3) is 8.76. The first kappa shape index (κ1) is 38.3. The number of aliphatic hydroxyl groups excluding tert-OH is 1. The van der Waals surface area contributed by atoms with Gasteiger partial charge in [0.15, 0.2) is 17.4 Å². The molecule has 1 fully saturated rings. The van der Waals surface area contributed by atoms with Crippen LogP contribution in [0.25, 0.3) is 0 Å². The molecule has 5 atom stereocenters. The normalized spacial score (nSPS) is 24.3. The number of carbonyl (C=O) groups excluding carboxylic acids is 2. The molecule has 9 heteroatoms. The SMILES string of the molecule is COCCCN(C[C@]1(O)CC[C@H]2c3ccc(cc3C(=O)c3ccc(F)c(F)c3)C[C@@H](O)CCC(C)=CCC[C@@]21C)C(=O)N[C@H](C)c1ccccc1. The number of carbonyl (C=O) groups is 2. The summed E-state index contributed by atoms with van der Waals surface area (Å²) < 4.78 is 33.6. The van der Waals surface area contributed by atoms with Crippen LogP contribution in [0.3, 0.4) is 0 Å². The van der Waals surface area contributed by atoms with Gasteiger partial charge in [-0.05, 0) is 112 Å². The van der Waals surface area contributed by atoms with Crippen molar-refractivity contribution >= 4 is 11.8 Å². The summed E-state index contributed by atoms with van der Waals surface area (Å²) in [7, 11) is 1.62. The molecule has 3 aromatic rings. The Morgan fingerprint density at radius 1 is 1.04 bits per heavy atom. The molecule has 51 heavy (non-hydrogen) atoms. The van der Waals surface area contributed by atoms with E-state index in [1.54, 1.807) is 18.1 Å². The Balaban J connectivity index is 1.55. The minimum atomic E-state index is -1.33. The molecule has 0 unspecified atom stereocenters. The van der Waals surface area contributed by atoms with Gasteiger partial charge >= 0.3 is 6.03 Å². The molecule has 3 aliphatic carbocycles. The van der Waals surface area contributed by atoms with Crippen molar-refractivity contribution < 1.29 is 33.3 Å². The Bertz CT molecular complexity index is 1710. The van der Waals surface area contributed by atoms with Crippen LogP contribution in [-0.4, -0.2) is 65.4 Å². The quantitative estimate of drug-likeness (QED) is 0.113. The Kier molecular flexibility index (Phi) is 12.5. The van der Waals surface area contributed by atoms with Crippen molar-refractivity contribution in [3.63, 3.8) is 0 Å². The van der Waals surface area contributed by atoms with Crippen LogP contribution in [0.5, 0.6) is 0 Å². The first-order chi connectivity index (χ1) is 24.3. The zero-order chi connectivity index (χ0) is 36.8. The van der Waals surface area contributed by atoms with E-state index in [1.807, 2.05) is 49.4 Å². The number of allylic oxidation sites excluding steroid dienone is 2. The van der Waals surface area contributed by atoms with Crippen molar-refractivity contribution in [1.29, 1.82) is 0 Å². The van der Waals surface area contributed by atoms with Gasteiger partial charge < -0.3 is 25.2 Å². The van der Waals surface area contributed by atoms with Crippen molar-refractivity contribution in [2.45, 2.75) is 95.8 Å². The van der Waals surface area contributed by atoms with E-state index in [9.17, 15) is 28.6 Å². The number of methoxy groups -OCH3 is 1. The molecule has 0 aromatic heterocycles. The van der Waals surface area contributed by atoms with E-state index in [-0.39, 0.29) is 30.1 Å². The van der Waals surface area contributed by atoms with Crippen LogP contribution in [0, 0.1) is 17.0 Å². The van der Waals surface area contributed by atoms with Gasteiger partial charge in [0.1, 0.15) is 0 Å². The van der Waals surface area contributed by atoms with Gasteiger partial charge in [-0.25, -0.2) is 13.6 Å². The second-order valence-corrected chi connectivity index (χ2v) is 14.8. The monoisotopic (exact) mass is 702 g/mol. The van der Waals surface area contributed by atoms with Gasteiger partial charge in [0, 0.05) is 36.8 Å². The average Bonchev–Trinajstić information content (AvgIpc) is 3.36. The smallest absolute Gasteiger partial charge is 0.317 e. The fourth-order valence-electron chi connectivity index (χ4n) is 8.06. The maximum atomic E-state index is 14.4. The summed E-state index contributed by atoms with van der Waals surface area (Å²) in [6.45, 7) is 6.96. The lowest BCUT2D eigenvalue weighted by molar-refractivity contribution is -0.0775. The Hall–Kier alpha value is -3.92. The molecule has 6 rings (SSSR count). The first-order valence-electron chi connectivity index (χ1n) is 18.1. The molecule has 0 saturated heterocycles. The third-order valence-corrected chi connectivity index (χ3v) is 11.3. The molecule has 274 valence electrons. The fraction of sp³-hybridized carbons (Fsp3) is 0.476. The highest BCUT2D eigenvalue weighted by molar-refractivity contribution is 6.10. The van der Waals surface area contributed by atoms with Crippen molar-refractivity contribution in [1.82, 2.24) is 10.2 Å². The van der Waals surface area contributed by atoms with E-state index in [2.05, 4.69) is 25.2 Å². The van der Waals surface area contributed by atoms with Gasteiger partial charge in [-0.3, -0.25) is 4.79 Å². The third-order valence-electron chi connectivity index (χ3n) is 11.3. The molecular formula is C42H52F2N2O5. The lowest BCUT2D eigenvalue weighted by atomic mass is 9.64. The molecule has 3 aliphatic rings. The predicted octanol–water partition coefficient (Wildman–Crippen LogP) is 8.04. The zero-order valence-electron chi connectivity index (χ0n) is 30.3. The molecule has 1 saturated carbocycles. The van der Waals surface area contributed by atoms with Gasteiger partial charge in [-0.1, -0.05) is 61.0 Å². The number of hydrogen-bond acceptors (Lipinski definition) is 5. The number of urea groups is 1. The highest BCUT2D eigenvalue weighted by Crippen LogP contribution is 2.59. The number of halogens is 2. The number of ketones is 1. The fourth-order valence-corrected chi connectivity index (χ4v) is 8.06. The Morgan fingerprint density at radius 3 is 2.53 bits per heavy atom. The molecule has 0 radical (unpaired) electrons. The Morgan fingerprint density at radius 2 is 1.80 bits per heavy atom. The predicted molar refractivity (Wildman–Crippen MR) is 195 cm³/mol. The molecule has 0 heterocycles. The number of nitrogens with zero attached hydrogens (tertiary/aromatic N) is 1. The van der Waals surface area contributed by atoms with Crippen molar-refractivity contribution in [2.75, 3.05) is 26.8 Å². The van der Waals surface area contributed by atoms with E-state index in [4.69, 9.17) is 4.74 Å². The minimum absolute atomic E-state index is 0.0241. The maximum absolute atomic E-state index is 14.4. The van der Waals surface area contributed by atoms with E-state index in [0.717, 1.165) is 28.8 Å². The minimum Gasteiger partial charge on any atom is -0.393 e. The van der Waals surface area contributed by atoms with E-state index < -0.39 is 34.5 Å². The van der Waals surface area contributed by atoms with Crippen LogP contribution >= 0.6 is 0 Å². The van der Waals surface area contributed by atoms with E-state index in [1.165, 1.54) is 6.07 Å². The number of fused-ring (bicyclic) bond motifs is 8. The highest BCUT2D eigenvalue weighted by Gasteiger charge is 2.57. The van der Waals surface area contributed by atoms with Gasteiger partial charge in [-0.2, -0.15) is 0 Å².